The van der Waals surface area contributed by atoms with Gasteiger partial charge in [-0.3, -0.25) is 9.59 Å². The molecule has 0 saturated carbocycles. The first-order valence-electron chi connectivity index (χ1n) is 12.0. The van der Waals surface area contributed by atoms with Gasteiger partial charge in [-0.25, -0.2) is 4.98 Å². The predicted octanol–water partition coefficient (Wildman–Crippen LogP) is 7.07. The number of aromatic nitrogens is 1. The molecule has 1 aromatic heterocycles. The second kappa shape index (κ2) is 11.3. The summed E-state index contributed by atoms with van der Waals surface area (Å²) in [6.45, 7) is 3.29. The lowest BCUT2D eigenvalue weighted by atomic mass is 9.96. The average Bonchev–Trinajstić information content (AvgIpc) is 2.87. The number of alkyl halides is 3. The number of carbonyl (C=O) groups excluding carboxylic acids is 2. The number of rotatable bonds is 7. The van der Waals surface area contributed by atoms with Gasteiger partial charge < -0.3 is 10.6 Å². The van der Waals surface area contributed by atoms with E-state index in [0.717, 1.165) is 35.4 Å². The molecule has 0 fully saturated rings. The quantitative estimate of drug-likeness (QED) is 0.275. The molecular weight excluding hydrogens is 491 g/mol. The number of benzene rings is 3. The molecule has 0 aliphatic heterocycles. The molecule has 0 radical (unpaired) electrons. The van der Waals surface area contributed by atoms with Crippen LogP contribution in [-0.2, 0) is 23.8 Å². The van der Waals surface area contributed by atoms with Crippen LogP contribution in [0.3, 0.4) is 0 Å². The minimum absolute atomic E-state index is 0.176. The van der Waals surface area contributed by atoms with Gasteiger partial charge in [-0.1, -0.05) is 48.0 Å². The largest absolute Gasteiger partial charge is 0.416 e. The topological polar surface area (TPSA) is 71.1 Å². The normalized spacial score (nSPS) is 11.2. The molecule has 0 unspecified atom stereocenters. The van der Waals surface area contributed by atoms with Gasteiger partial charge in [0.25, 0.3) is 5.91 Å². The molecule has 38 heavy (non-hydrogen) atoms. The first kappa shape index (κ1) is 26.6. The molecular formula is C30H26F3N3O2. The van der Waals surface area contributed by atoms with E-state index < -0.39 is 11.7 Å². The van der Waals surface area contributed by atoms with Crippen molar-refractivity contribution in [1.29, 1.82) is 0 Å². The van der Waals surface area contributed by atoms with Crippen LogP contribution in [0.1, 0.15) is 39.7 Å². The standard InChI is InChI=1S/C30H26F3N3O2/c1-19-6-17-26(27(18-19)22-10-12-23(13-11-22)30(31,32)33)29(38)36-25-15-8-21(9-16-25)7-14-24-4-3-5-28(35-24)34-20(2)37/h3-6,8-13,15-18H,7,14H2,1-2H3,(H,36,38)(H,34,35,37). The van der Waals surface area contributed by atoms with Crippen LogP contribution in [0, 0.1) is 6.92 Å². The van der Waals surface area contributed by atoms with Gasteiger partial charge in [0.1, 0.15) is 5.82 Å². The fraction of sp³-hybridized carbons (Fsp3) is 0.167. The van der Waals surface area contributed by atoms with Crippen molar-refractivity contribution >= 4 is 23.3 Å². The summed E-state index contributed by atoms with van der Waals surface area (Å²) in [5, 5.41) is 5.55. The molecule has 0 bridgehead atoms. The maximum atomic E-state index is 13.1. The Morgan fingerprint density at radius 3 is 2.21 bits per heavy atom. The van der Waals surface area contributed by atoms with Crippen molar-refractivity contribution in [2.24, 2.45) is 0 Å². The predicted molar refractivity (Wildman–Crippen MR) is 142 cm³/mol. The third kappa shape index (κ3) is 6.85. The zero-order valence-electron chi connectivity index (χ0n) is 20.9. The van der Waals surface area contributed by atoms with Crippen molar-refractivity contribution < 1.29 is 22.8 Å². The Morgan fingerprint density at radius 2 is 1.55 bits per heavy atom. The molecule has 0 spiro atoms. The van der Waals surface area contributed by atoms with Crippen molar-refractivity contribution in [3.05, 3.63) is 113 Å². The van der Waals surface area contributed by atoms with E-state index in [4.69, 9.17) is 0 Å². The van der Waals surface area contributed by atoms with Crippen LogP contribution in [0.25, 0.3) is 11.1 Å². The Kier molecular flexibility index (Phi) is 7.90. The monoisotopic (exact) mass is 517 g/mol. The fourth-order valence-corrected chi connectivity index (χ4v) is 4.03. The summed E-state index contributed by atoms with van der Waals surface area (Å²) >= 11 is 0. The summed E-state index contributed by atoms with van der Waals surface area (Å²) in [6, 6.07) is 23.0. The molecule has 4 rings (SSSR count). The third-order valence-corrected chi connectivity index (χ3v) is 5.94. The van der Waals surface area contributed by atoms with E-state index in [9.17, 15) is 22.8 Å². The van der Waals surface area contributed by atoms with Gasteiger partial charge in [-0.2, -0.15) is 13.2 Å². The summed E-state index contributed by atoms with van der Waals surface area (Å²) in [6.07, 6.45) is -3.02. The molecule has 0 atom stereocenters. The van der Waals surface area contributed by atoms with Crippen LogP contribution in [-0.4, -0.2) is 16.8 Å². The Hall–Kier alpha value is -4.46. The Bertz CT molecular complexity index is 1450. The number of nitrogens with one attached hydrogen (secondary N) is 2. The second-order valence-electron chi connectivity index (χ2n) is 8.97. The summed E-state index contributed by atoms with van der Waals surface area (Å²) < 4.78 is 38.9. The minimum Gasteiger partial charge on any atom is -0.322 e. The molecule has 0 aliphatic carbocycles. The lowest BCUT2D eigenvalue weighted by molar-refractivity contribution is -0.137. The SMILES string of the molecule is CC(=O)Nc1cccc(CCc2ccc(NC(=O)c3ccc(C)cc3-c3ccc(C(F)(F)F)cc3)cc2)n1. The number of pyridine rings is 1. The van der Waals surface area contributed by atoms with Gasteiger partial charge in [-0.15, -0.1) is 0 Å². The van der Waals surface area contributed by atoms with Crippen LogP contribution in [0.15, 0.2) is 84.9 Å². The fourth-order valence-electron chi connectivity index (χ4n) is 4.03. The number of amides is 2. The maximum absolute atomic E-state index is 13.1. The summed E-state index contributed by atoms with van der Waals surface area (Å²) in [5.74, 6) is -0.0177. The Balaban J connectivity index is 1.44. The second-order valence-corrected chi connectivity index (χ2v) is 8.97. The summed E-state index contributed by atoms with van der Waals surface area (Å²) in [4.78, 5) is 28.8. The number of hydrogen-bond donors (Lipinski definition) is 2. The van der Waals surface area contributed by atoms with Crippen molar-refractivity contribution in [3.8, 4) is 11.1 Å². The Morgan fingerprint density at radius 1 is 0.842 bits per heavy atom. The van der Waals surface area contributed by atoms with Gasteiger partial charge in [-0.05, 0) is 78.9 Å². The maximum Gasteiger partial charge on any atom is 0.416 e. The zero-order chi connectivity index (χ0) is 27.3. The third-order valence-electron chi connectivity index (χ3n) is 5.94. The van der Waals surface area contributed by atoms with Crippen LogP contribution in [0.2, 0.25) is 0 Å². The summed E-state index contributed by atoms with van der Waals surface area (Å²) in [5.41, 5.74) is 4.10. The van der Waals surface area contributed by atoms with Crippen LogP contribution in [0.5, 0.6) is 0 Å². The van der Waals surface area contributed by atoms with E-state index in [2.05, 4.69) is 15.6 Å². The number of nitrogens with zero attached hydrogens (tertiary/aromatic N) is 1. The highest BCUT2D eigenvalue weighted by molar-refractivity contribution is 6.08. The van der Waals surface area contributed by atoms with Crippen molar-refractivity contribution in [3.63, 3.8) is 0 Å². The van der Waals surface area contributed by atoms with Crippen molar-refractivity contribution in [2.75, 3.05) is 10.6 Å². The number of anilines is 2. The molecule has 0 saturated heterocycles. The van der Waals surface area contributed by atoms with E-state index in [1.165, 1.54) is 19.1 Å². The highest BCUT2D eigenvalue weighted by Crippen LogP contribution is 2.32. The summed E-state index contributed by atoms with van der Waals surface area (Å²) in [7, 11) is 0. The van der Waals surface area contributed by atoms with E-state index in [1.807, 2.05) is 31.2 Å². The molecule has 2 amide bonds. The lowest BCUT2D eigenvalue weighted by Gasteiger charge is -2.13. The first-order valence-corrected chi connectivity index (χ1v) is 12.0. The molecule has 3 aromatic carbocycles. The van der Waals surface area contributed by atoms with E-state index in [1.54, 1.807) is 36.4 Å². The van der Waals surface area contributed by atoms with E-state index >= 15 is 0 Å². The molecule has 1 heterocycles. The molecule has 194 valence electrons. The highest BCUT2D eigenvalue weighted by Gasteiger charge is 2.30. The van der Waals surface area contributed by atoms with E-state index in [0.29, 0.717) is 34.6 Å². The van der Waals surface area contributed by atoms with Gasteiger partial charge in [0.05, 0.1) is 5.56 Å². The van der Waals surface area contributed by atoms with Gasteiger partial charge in [0.2, 0.25) is 5.91 Å². The average molecular weight is 518 g/mol. The van der Waals surface area contributed by atoms with Crippen LogP contribution >= 0.6 is 0 Å². The van der Waals surface area contributed by atoms with Gasteiger partial charge in [0.15, 0.2) is 0 Å². The van der Waals surface area contributed by atoms with Gasteiger partial charge in [0, 0.05) is 23.9 Å². The molecule has 8 heteroatoms. The number of hydrogen-bond acceptors (Lipinski definition) is 3. The molecule has 4 aromatic rings. The van der Waals surface area contributed by atoms with Crippen molar-refractivity contribution in [2.45, 2.75) is 32.9 Å². The van der Waals surface area contributed by atoms with Crippen molar-refractivity contribution in [1.82, 2.24) is 4.98 Å². The minimum atomic E-state index is -4.43. The molecule has 5 nitrogen and oxygen atoms in total. The first-order chi connectivity index (χ1) is 18.1. The van der Waals surface area contributed by atoms with Crippen LogP contribution < -0.4 is 10.6 Å². The van der Waals surface area contributed by atoms with E-state index in [-0.39, 0.29) is 11.8 Å². The smallest absolute Gasteiger partial charge is 0.322 e. The zero-order valence-corrected chi connectivity index (χ0v) is 20.9. The molecule has 2 N–H and O–H groups in total. The van der Waals surface area contributed by atoms with Crippen LogP contribution in [0.4, 0.5) is 24.7 Å². The lowest BCUT2D eigenvalue weighted by Crippen LogP contribution is -2.13. The highest BCUT2D eigenvalue weighted by atomic mass is 19.4. The number of carbonyl (C=O) groups is 2. The Labute approximate surface area is 218 Å². The van der Waals surface area contributed by atoms with Gasteiger partial charge >= 0.3 is 6.18 Å². The number of aryl methyl sites for hydroxylation is 3. The molecule has 0 aliphatic rings. The number of halogens is 3.